The van der Waals surface area contributed by atoms with E-state index < -0.39 is 0 Å². The van der Waals surface area contributed by atoms with Gasteiger partial charge in [-0.05, 0) is 37.3 Å². The molecule has 0 radical (unpaired) electrons. The number of urea groups is 1. The summed E-state index contributed by atoms with van der Waals surface area (Å²) in [4.78, 5) is 25.8. The molecule has 19 heavy (non-hydrogen) atoms. The molecule has 1 spiro atoms. The summed E-state index contributed by atoms with van der Waals surface area (Å²) in [6.07, 6.45) is 3.72. The molecule has 1 aromatic carbocycles. The van der Waals surface area contributed by atoms with Gasteiger partial charge < -0.3 is 5.32 Å². The standard InChI is InChI=1S/C15H18N2O2/c1-11-3-5-12(6-4-11)17-13(18)9-15(7-2-8-15)10-16-14(17)19/h3-6H,2,7-10H2,1H3,(H,16,19). The van der Waals surface area contributed by atoms with Gasteiger partial charge in [0, 0.05) is 13.0 Å². The Bertz CT molecular complexity index is 517. The predicted molar refractivity (Wildman–Crippen MR) is 73.0 cm³/mol. The highest BCUT2D eigenvalue weighted by molar-refractivity contribution is 6.14. The summed E-state index contributed by atoms with van der Waals surface area (Å²) in [7, 11) is 0. The van der Waals surface area contributed by atoms with Crippen molar-refractivity contribution in [2.75, 3.05) is 11.4 Å². The third-order valence-electron chi connectivity index (χ3n) is 4.30. The van der Waals surface area contributed by atoms with E-state index in [0.29, 0.717) is 18.7 Å². The van der Waals surface area contributed by atoms with E-state index in [1.807, 2.05) is 31.2 Å². The molecule has 4 heteroatoms. The van der Waals surface area contributed by atoms with Gasteiger partial charge in [-0.1, -0.05) is 24.1 Å². The monoisotopic (exact) mass is 258 g/mol. The minimum atomic E-state index is -0.294. The zero-order valence-corrected chi connectivity index (χ0v) is 11.1. The number of rotatable bonds is 1. The van der Waals surface area contributed by atoms with Crippen molar-refractivity contribution in [3.8, 4) is 0 Å². The van der Waals surface area contributed by atoms with Gasteiger partial charge in [0.1, 0.15) is 0 Å². The Kier molecular flexibility index (Phi) is 2.81. The highest BCUT2D eigenvalue weighted by Crippen LogP contribution is 2.45. The van der Waals surface area contributed by atoms with E-state index in [0.717, 1.165) is 24.8 Å². The van der Waals surface area contributed by atoms with E-state index in [1.165, 1.54) is 4.90 Å². The fourth-order valence-corrected chi connectivity index (χ4v) is 2.90. The minimum Gasteiger partial charge on any atom is -0.337 e. The van der Waals surface area contributed by atoms with E-state index in [-0.39, 0.29) is 17.4 Å². The van der Waals surface area contributed by atoms with Gasteiger partial charge >= 0.3 is 6.03 Å². The summed E-state index contributed by atoms with van der Waals surface area (Å²) in [5.74, 6) is -0.0847. The lowest BCUT2D eigenvalue weighted by atomic mass is 9.66. The van der Waals surface area contributed by atoms with Crippen LogP contribution in [0.2, 0.25) is 0 Å². The highest BCUT2D eigenvalue weighted by atomic mass is 16.2. The molecular formula is C15H18N2O2. The van der Waals surface area contributed by atoms with Crippen molar-refractivity contribution in [2.45, 2.75) is 32.6 Å². The lowest BCUT2D eigenvalue weighted by molar-refractivity contribution is -0.120. The molecule has 0 atom stereocenters. The molecular weight excluding hydrogens is 240 g/mol. The molecule has 0 aromatic heterocycles. The maximum absolute atomic E-state index is 12.4. The molecule has 0 bridgehead atoms. The summed E-state index contributed by atoms with van der Waals surface area (Å²) < 4.78 is 0. The number of hydrogen-bond acceptors (Lipinski definition) is 2. The van der Waals surface area contributed by atoms with E-state index in [4.69, 9.17) is 0 Å². The van der Waals surface area contributed by atoms with Crippen LogP contribution in [0.1, 0.15) is 31.2 Å². The summed E-state index contributed by atoms with van der Waals surface area (Å²) in [6, 6.07) is 7.19. The number of benzene rings is 1. The molecule has 3 amide bonds. The number of carbonyl (C=O) groups excluding carboxylic acids is 2. The second kappa shape index (κ2) is 4.37. The fourth-order valence-electron chi connectivity index (χ4n) is 2.90. The van der Waals surface area contributed by atoms with Crippen molar-refractivity contribution in [1.29, 1.82) is 0 Å². The maximum atomic E-state index is 12.4. The molecule has 1 N–H and O–H groups in total. The molecule has 1 aliphatic heterocycles. The average Bonchev–Trinajstić information content (AvgIpc) is 2.47. The van der Waals surface area contributed by atoms with E-state index in [9.17, 15) is 9.59 Å². The summed E-state index contributed by atoms with van der Waals surface area (Å²) in [6.45, 7) is 2.61. The van der Waals surface area contributed by atoms with Gasteiger partial charge in [0.15, 0.2) is 0 Å². The Morgan fingerprint density at radius 1 is 1.16 bits per heavy atom. The third-order valence-corrected chi connectivity index (χ3v) is 4.30. The van der Waals surface area contributed by atoms with Crippen LogP contribution in [0.3, 0.4) is 0 Å². The van der Waals surface area contributed by atoms with Crippen molar-refractivity contribution in [2.24, 2.45) is 5.41 Å². The molecule has 1 aromatic rings. The van der Waals surface area contributed by atoms with Crippen LogP contribution >= 0.6 is 0 Å². The first kappa shape index (κ1) is 12.2. The van der Waals surface area contributed by atoms with Crippen molar-refractivity contribution in [3.05, 3.63) is 29.8 Å². The van der Waals surface area contributed by atoms with E-state index >= 15 is 0 Å². The van der Waals surface area contributed by atoms with Gasteiger partial charge in [0.05, 0.1) is 5.69 Å². The molecule has 1 heterocycles. The van der Waals surface area contributed by atoms with Gasteiger partial charge in [0.2, 0.25) is 5.91 Å². The van der Waals surface area contributed by atoms with Crippen molar-refractivity contribution in [3.63, 3.8) is 0 Å². The molecule has 4 nitrogen and oxygen atoms in total. The van der Waals surface area contributed by atoms with Crippen LogP contribution in [0.25, 0.3) is 0 Å². The molecule has 1 saturated carbocycles. The number of aryl methyl sites for hydroxylation is 1. The molecule has 2 aliphatic rings. The predicted octanol–water partition coefficient (Wildman–Crippen LogP) is 2.61. The molecule has 3 rings (SSSR count). The third kappa shape index (κ3) is 2.11. The summed E-state index contributed by atoms with van der Waals surface area (Å²) in [5.41, 5.74) is 1.79. The Hall–Kier alpha value is -1.84. The summed E-state index contributed by atoms with van der Waals surface area (Å²) in [5, 5.41) is 2.90. The van der Waals surface area contributed by atoms with Gasteiger partial charge in [0.25, 0.3) is 0 Å². The van der Waals surface area contributed by atoms with Gasteiger partial charge in [-0.25, -0.2) is 9.69 Å². The number of nitrogens with one attached hydrogen (secondary N) is 1. The van der Waals surface area contributed by atoms with Gasteiger partial charge in [-0.3, -0.25) is 4.79 Å². The minimum absolute atomic E-state index is 0.0200. The van der Waals surface area contributed by atoms with Crippen LogP contribution < -0.4 is 10.2 Å². The number of anilines is 1. The van der Waals surface area contributed by atoms with Crippen LogP contribution in [-0.2, 0) is 4.79 Å². The molecule has 0 unspecified atom stereocenters. The van der Waals surface area contributed by atoms with Crippen molar-refractivity contribution < 1.29 is 9.59 Å². The Balaban J connectivity index is 1.89. The smallest absolute Gasteiger partial charge is 0.328 e. The van der Waals surface area contributed by atoms with E-state index in [2.05, 4.69) is 5.32 Å². The van der Waals surface area contributed by atoms with Crippen LogP contribution in [0.4, 0.5) is 10.5 Å². The normalized spacial score (nSPS) is 21.8. The molecule has 2 fully saturated rings. The highest BCUT2D eigenvalue weighted by Gasteiger charge is 2.43. The largest absolute Gasteiger partial charge is 0.337 e. The zero-order chi connectivity index (χ0) is 13.5. The molecule has 100 valence electrons. The van der Waals surface area contributed by atoms with Gasteiger partial charge in [-0.2, -0.15) is 0 Å². The lowest BCUT2D eigenvalue weighted by Gasteiger charge is -2.39. The number of hydrogen-bond donors (Lipinski definition) is 1. The van der Waals surface area contributed by atoms with Crippen LogP contribution in [0.5, 0.6) is 0 Å². The molecule has 1 aliphatic carbocycles. The van der Waals surface area contributed by atoms with Crippen LogP contribution in [0, 0.1) is 12.3 Å². The van der Waals surface area contributed by atoms with E-state index in [1.54, 1.807) is 0 Å². The van der Waals surface area contributed by atoms with Crippen LogP contribution in [0.15, 0.2) is 24.3 Å². The number of amides is 3. The van der Waals surface area contributed by atoms with Gasteiger partial charge in [-0.15, -0.1) is 0 Å². The number of nitrogens with zero attached hydrogens (tertiary/aromatic N) is 1. The maximum Gasteiger partial charge on any atom is 0.328 e. The second-order valence-electron chi connectivity index (χ2n) is 5.75. The van der Waals surface area contributed by atoms with Crippen molar-refractivity contribution >= 4 is 17.6 Å². The topological polar surface area (TPSA) is 49.4 Å². The first-order valence-corrected chi connectivity index (χ1v) is 6.77. The number of imide groups is 1. The lowest BCUT2D eigenvalue weighted by Crippen LogP contribution is -2.42. The molecule has 1 saturated heterocycles. The number of carbonyl (C=O) groups is 2. The van der Waals surface area contributed by atoms with Crippen LogP contribution in [-0.4, -0.2) is 18.5 Å². The SMILES string of the molecule is Cc1ccc(N2C(=O)CC3(CCC3)CNC2=O)cc1. The Labute approximate surface area is 112 Å². The first-order chi connectivity index (χ1) is 9.10. The average molecular weight is 258 g/mol. The fraction of sp³-hybridized carbons (Fsp3) is 0.467. The van der Waals surface area contributed by atoms with Crippen molar-refractivity contribution in [1.82, 2.24) is 5.32 Å². The Morgan fingerprint density at radius 3 is 2.42 bits per heavy atom. The summed E-state index contributed by atoms with van der Waals surface area (Å²) >= 11 is 0. The quantitative estimate of drug-likeness (QED) is 0.841. The zero-order valence-electron chi connectivity index (χ0n) is 11.1. The first-order valence-electron chi connectivity index (χ1n) is 6.77. The second-order valence-corrected chi connectivity index (χ2v) is 5.75. The Morgan fingerprint density at radius 2 is 1.84 bits per heavy atom.